The SMILES string of the molecule is CCOC1C(OC)COC1C(C)O.COCC1OC(OC)C(OC)C(OC)C1OC. The second kappa shape index (κ2) is 14.6. The van der Waals surface area contributed by atoms with E-state index >= 15 is 0 Å². The van der Waals surface area contributed by atoms with Gasteiger partial charge in [0.15, 0.2) is 6.29 Å². The molecule has 2 aliphatic heterocycles. The largest absolute Gasteiger partial charge is 0.391 e. The molecular formula is C20H40O10. The van der Waals surface area contributed by atoms with E-state index in [9.17, 15) is 5.11 Å². The van der Waals surface area contributed by atoms with Crippen LogP contribution in [-0.2, 0) is 42.6 Å². The van der Waals surface area contributed by atoms with Gasteiger partial charge in [-0.3, -0.25) is 0 Å². The predicted octanol–water partition coefficient (Wildman–Crippen LogP) is 0.235. The average molecular weight is 441 g/mol. The smallest absolute Gasteiger partial charge is 0.186 e. The molecule has 2 saturated heterocycles. The van der Waals surface area contributed by atoms with Crippen LogP contribution in [0.4, 0.5) is 0 Å². The van der Waals surface area contributed by atoms with Gasteiger partial charge in [0.1, 0.15) is 42.7 Å². The molecule has 0 saturated carbocycles. The summed E-state index contributed by atoms with van der Waals surface area (Å²) in [6.45, 7) is 5.14. The third-order valence-electron chi connectivity index (χ3n) is 5.25. The number of aliphatic hydroxyl groups is 1. The summed E-state index contributed by atoms with van der Waals surface area (Å²) in [7, 11) is 9.63. The lowest BCUT2D eigenvalue weighted by atomic mass is 9.98. The van der Waals surface area contributed by atoms with Crippen molar-refractivity contribution in [1.29, 1.82) is 0 Å². The van der Waals surface area contributed by atoms with E-state index in [1.54, 1.807) is 49.6 Å². The summed E-state index contributed by atoms with van der Waals surface area (Å²) in [6.07, 6.45) is -2.55. The summed E-state index contributed by atoms with van der Waals surface area (Å²) in [4.78, 5) is 0. The molecule has 9 unspecified atom stereocenters. The maximum absolute atomic E-state index is 9.40. The van der Waals surface area contributed by atoms with Crippen molar-refractivity contribution in [3.8, 4) is 0 Å². The van der Waals surface area contributed by atoms with E-state index < -0.39 is 12.4 Å². The summed E-state index contributed by atoms with van der Waals surface area (Å²) in [6, 6.07) is 0. The number of aliphatic hydroxyl groups excluding tert-OH is 1. The highest BCUT2D eigenvalue weighted by molar-refractivity contribution is 4.92. The molecule has 10 heteroatoms. The molecule has 0 radical (unpaired) electrons. The Morgan fingerprint density at radius 3 is 1.93 bits per heavy atom. The topological polar surface area (TPSA) is 103 Å². The average Bonchev–Trinajstić information content (AvgIpc) is 3.16. The molecule has 0 aliphatic carbocycles. The van der Waals surface area contributed by atoms with Crippen molar-refractivity contribution in [2.24, 2.45) is 0 Å². The van der Waals surface area contributed by atoms with Gasteiger partial charge in [0.05, 0.1) is 19.3 Å². The van der Waals surface area contributed by atoms with E-state index in [0.29, 0.717) is 19.8 Å². The Morgan fingerprint density at radius 1 is 0.867 bits per heavy atom. The first-order valence-electron chi connectivity index (χ1n) is 10.1. The lowest BCUT2D eigenvalue weighted by Crippen LogP contribution is -2.61. The summed E-state index contributed by atoms with van der Waals surface area (Å²) in [5.74, 6) is 0. The normalized spacial score (nSPS) is 37.5. The number of ether oxygens (including phenoxy) is 9. The minimum atomic E-state index is -0.517. The number of hydrogen-bond donors (Lipinski definition) is 1. The third kappa shape index (κ3) is 7.06. The van der Waals surface area contributed by atoms with Crippen molar-refractivity contribution in [3.05, 3.63) is 0 Å². The minimum absolute atomic E-state index is 0.0560. The maximum Gasteiger partial charge on any atom is 0.186 e. The van der Waals surface area contributed by atoms with Crippen molar-refractivity contribution < 1.29 is 47.7 Å². The molecule has 0 aromatic carbocycles. The van der Waals surface area contributed by atoms with Gasteiger partial charge < -0.3 is 47.7 Å². The molecule has 9 atom stereocenters. The Morgan fingerprint density at radius 2 is 1.50 bits per heavy atom. The van der Waals surface area contributed by atoms with Gasteiger partial charge in [0, 0.05) is 49.3 Å². The van der Waals surface area contributed by atoms with E-state index in [-0.39, 0.29) is 42.7 Å². The van der Waals surface area contributed by atoms with E-state index in [1.165, 1.54) is 0 Å². The lowest BCUT2D eigenvalue weighted by molar-refractivity contribution is -0.307. The summed E-state index contributed by atoms with van der Waals surface area (Å²) < 4.78 is 48.4. The predicted molar refractivity (Wildman–Crippen MR) is 108 cm³/mol. The van der Waals surface area contributed by atoms with Crippen molar-refractivity contribution in [1.82, 2.24) is 0 Å². The zero-order valence-electron chi connectivity index (χ0n) is 19.4. The molecule has 2 fully saturated rings. The van der Waals surface area contributed by atoms with Crippen molar-refractivity contribution >= 4 is 0 Å². The van der Waals surface area contributed by atoms with Crippen LogP contribution in [-0.4, -0.2) is 123 Å². The molecule has 1 N–H and O–H groups in total. The first kappa shape index (κ1) is 27.6. The van der Waals surface area contributed by atoms with E-state index in [4.69, 9.17) is 42.6 Å². The Balaban J connectivity index is 0.000000311. The quantitative estimate of drug-likeness (QED) is 0.508. The van der Waals surface area contributed by atoms with Crippen molar-refractivity contribution in [2.45, 2.75) is 69.0 Å². The third-order valence-corrected chi connectivity index (χ3v) is 5.25. The molecule has 0 spiro atoms. The Hall–Kier alpha value is -0.400. The number of methoxy groups -OCH3 is 6. The standard InChI is InChI=1S/C11H22O6.C9H18O4/c1-12-6-7-8(13-2)9(14-3)10(15-4)11(16-5)17-7;1-4-12-9-7(11-3)5-13-8(9)6(2)10/h7-11H,6H2,1-5H3;6-10H,4-5H2,1-3H3. The highest BCUT2D eigenvalue weighted by Crippen LogP contribution is 2.27. The summed E-state index contributed by atoms with van der Waals surface area (Å²) in [5, 5.41) is 9.40. The number of hydrogen-bond acceptors (Lipinski definition) is 10. The Bertz CT molecular complexity index is 438. The van der Waals surface area contributed by atoms with Gasteiger partial charge in [-0.15, -0.1) is 0 Å². The van der Waals surface area contributed by atoms with Gasteiger partial charge in [0.2, 0.25) is 0 Å². The summed E-state index contributed by atoms with van der Waals surface area (Å²) in [5.41, 5.74) is 0. The van der Waals surface area contributed by atoms with Crippen molar-refractivity contribution in [3.63, 3.8) is 0 Å². The van der Waals surface area contributed by atoms with Crippen LogP contribution >= 0.6 is 0 Å². The van der Waals surface area contributed by atoms with Gasteiger partial charge in [-0.05, 0) is 13.8 Å². The van der Waals surface area contributed by atoms with Gasteiger partial charge in [-0.2, -0.15) is 0 Å². The molecule has 180 valence electrons. The fourth-order valence-electron chi connectivity index (χ4n) is 3.79. The maximum atomic E-state index is 9.40. The molecule has 0 amide bonds. The van der Waals surface area contributed by atoms with E-state index in [0.717, 1.165) is 0 Å². The van der Waals surface area contributed by atoms with Gasteiger partial charge in [-0.25, -0.2) is 0 Å². The van der Waals surface area contributed by atoms with Gasteiger partial charge in [-0.1, -0.05) is 0 Å². The van der Waals surface area contributed by atoms with E-state index in [2.05, 4.69) is 0 Å². The molecule has 2 rings (SSSR count). The van der Waals surface area contributed by atoms with Gasteiger partial charge in [0.25, 0.3) is 0 Å². The molecule has 30 heavy (non-hydrogen) atoms. The van der Waals surface area contributed by atoms with Crippen LogP contribution in [0.15, 0.2) is 0 Å². The molecule has 2 heterocycles. The molecular weight excluding hydrogens is 400 g/mol. The molecule has 0 bridgehead atoms. The second-order valence-electron chi connectivity index (χ2n) is 7.07. The van der Waals surface area contributed by atoms with Gasteiger partial charge >= 0.3 is 0 Å². The zero-order valence-corrected chi connectivity index (χ0v) is 19.4. The monoisotopic (exact) mass is 440 g/mol. The van der Waals surface area contributed by atoms with Crippen molar-refractivity contribution in [2.75, 3.05) is 62.5 Å². The number of rotatable bonds is 10. The molecule has 10 nitrogen and oxygen atoms in total. The van der Waals surface area contributed by atoms with Crippen LogP contribution in [0.1, 0.15) is 13.8 Å². The lowest BCUT2D eigenvalue weighted by Gasteiger charge is -2.44. The molecule has 0 aromatic rings. The molecule has 0 aromatic heterocycles. The first-order chi connectivity index (χ1) is 14.4. The van der Waals surface area contributed by atoms with Crippen LogP contribution in [0.3, 0.4) is 0 Å². The highest BCUT2D eigenvalue weighted by Gasteiger charge is 2.47. The minimum Gasteiger partial charge on any atom is -0.391 e. The fourth-order valence-corrected chi connectivity index (χ4v) is 3.79. The first-order valence-corrected chi connectivity index (χ1v) is 10.1. The van der Waals surface area contributed by atoms with Crippen LogP contribution < -0.4 is 0 Å². The Labute approximate surface area is 179 Å². The zero-order chi connectivity index (χ0) is 22.7. The second-order valence-corrected chi connectivity index (χ2v) is 7.07. The summed E-state index contributed by atoms with van der Waals surface area (Å²) >= 11 is 0. The highest BCUT2D eigenvalue weighted by atomic mass is 16.7. The van der Waals surface area contributed by atoms with Crippen LogP contribution in [0, 0.1) is 0 Å². The fraction of sp³-hybridized carbons (Fsp3) is 1.00. The molecule has 2 aliphatic rings. The Kier molecular flexibility index (Phi) is 13.5. The van der Waals surface area contributed by atoms with Crippen LogP contribution in [0.2, 0.25) is 0 Å². The van der Waals surface area contributed by atoms with E-state index in [1.807, 2.05) is 6.92 Å². The van der Waals surface area contributed by atoms with Crippen LogP contribution in [0.25, 0.3) is 0 Å². The van der Waals surface area contributed by atoms with Crippen LogP contribution in [0.5, 0.6) is 0 Å².